The minimum absolute atomic E-state index is 0.194. The van der Waals surface area contributed by atoms with Gasteiger partial charge in [0, 0.05) is 0 Å². The first-order valence-corrected chi connectivity index (χ1v) is 4.42. The summed E-state index contributed by atoms with van der Waals surface area (Å²) in [4.78, 5) is 45.4. The number of aromatic nitrogens is 1. The van der Waals surface area contributed by atoms with Crippen LogP contribution in [0.15, 0.2) is 18.2 Å². The van der Waals surface area contributed by atoms with Gasteiger partial charge in [-0.1, -0.05) is 6.07 Å². The number of carboxylic acids is 2. The van der Waals surface area contributed by atoms with Crippen LogP contribution in [0.25, 0.3) is 0 Å². The fraction of sp³-hybridized carbons (Fsp3) is 0. The quantitative estimate of drug-likeness (QED) is 0.516. The molecule has 0 saturated heterocycles. The molecule has 2 amide bonds. The summed E-state index contributed by atoms with van der Waals surface area (Å²) in [6.45, 7) is 0. The van der Waals surface area contributed by atoms with E-state index in [9.17, 15) is 29.4 Å². The zero-order valence-corrected chi connectivity index (χ0v) is 8.63. The summed E-state index contributed by atoms with van der Waals surface area (Å²) in [7, 11) is 0. The molecule has 0 aliphatic heterocycles. The summed E-state index contributed by atoms with van der Waals surface area (Å²) in [6, 6.07) is 3.77. The molecule has 0 radical (unpaired) electrons. The lowest BCUT2D eigenvalue weighted by Crippen LogP contribution is -2.37. The van der Waals surface area contributed by atoms with Gasteiger partial charge in [-0.15, -0.1) is 0 Å². The highest BCUT2D eigenvalue weighted by atomic mass is 16.4. The lowest BCUT2D eigenvalue weighted by Gasteiger charge is -2.08. The summed E-state index contributed by atoms with van der Waals surface area (Å²) in [6.07, 6.45) is 0. The Morgan fingerprint density at radius 2 is 1.28 bits per heavy atom. The number of rotatable bonds is 2. The summed E-state index contributed by atoms with van der Waals surface area (Å²) in [5.41, 5.74) is 0. The summed E-state index contributed by atoms with van der Waals surface area (Å²) in [5.74, 6) is -7.15. The minimum atomic E-state index is -1.96. The molecule has 0 spiro atoms. The number of amides is 2. The molecule has 1 aromatic heterocycles. The third-order valence-corrected chi connectivity index (χ3v) is 1.60. The minimum Gasteiger partial charge on any atom is -0.540 e. The van der Waals surface area contributed by atoms with E-state index >= 15 is 0 Å². The molecule has 0 bridgehead atoms. The van der Waals surface area contributed by atoms with Gasteiger partial charge in [0.2, 0.25) is 0 Å². The van der Waals surface area contributed by atoms with Crippen molar-refractivity contribution in [1.82, 2.24) is 4.98 Å². The van der Waals surface area contributed by atoms with Crippen molar-refractivity contribution in [2.24, 2.45) is 0 Å². The average Bonchev–Trinajstić information content (AvgIpc) is 2.29. The molecule has 0 aliphatic rings. The van der Waals surface area contributed by atoms with E-state index in [4.69, 9.17) is 0 Å². The second-order valence-corrected chi connectivity index (χ2v) is 2.89. The zero-order chi connectivity index (χ0) is 13.7. The summed E-state index contributed by atoms with van der Waals surface area (Å²) >= 11 is 0. The molecule has 2 N–H and O–H groups in total. The van der Waals surface area contributed by atoms with Crippen LogP contribution in [0, 0.1) is 0 Å². The van der Waals surface area contributed by atoms with Gasteiger partial charge in [0.1, 0.15) is 23.6 Å². The fourth-order valence-corrected chi connectivity index (χ4v) is 0.909. The highest BCUT2D eigenvalue weighted by molar-refractivity contribution is 6.36. The summed E-state index contributed by atoms with van der Waals surface area (Å²) in [5, 5.41) is 24.0. The first-order valence-electron chi connectivity index (χ1n) is 4.42. The monoisotopic (exact) mass is 251 g/mol. The van der Waals surface area contributed by atoms with Crippen LogP contribution in [0.4, 0.5) is 11.6 Å². The second kappa shape index (κ2) is 5.39. The third kappa shape index (κ3) is 3.56. The van der Waals surface area contributed by atoms with Crippen molar-refractivity contribution in [3.8, 4) is 0 Å². The van der Waals surface area contributed by atoms with Crippen LogP contribution >= 0.6 is 0 Å². The number of anilines is 2. The van der Waals surface area contributed by atoms with Crippen molar-refractivity contribution < 1.29 is 29.4 Å². The van der Waals surface area contributed by atoms with Gasteiger partial charge in [0.25, 0.3) is 11.8 Å². The fourth-order valence-electron chi connectivity index (χ4n) is 0.909. The zero-order valence-electron chi connectivity index (χ0n) is 8.63. The molecule has 18 heavy (non-hydrogen) atoms. The maximum Gasteiger partial charge on any atom is 0.272 e. The Balaban J connectivity index is 2.80. The number of nitrogens with one attached hydrogen (secondary N) is 2. The van der Waals surface area contributed by atoms with Crippen LogP contribution < -0.4 is 20.8 Å². The predicted octanol–water partition coefficient (Wildman–Crippen LogP) is -3.54. The topological polar surface area (TPSA) is 151 Å². The van der Waals surface area contributed by atoms with E-state index in [1.807, 2.05) is 10.6 Å². The SMILES string of the molecule is O=C([O-])C(=O)Nc1cccc(NC(=O)C(=O)[O-])n1. The van der Waals surface area contributed by atoms with Crippen LogP contribution in [0.3, 0.4) is 0 Å². The van der Waals surface area contributed by atoms with Gasteiger partial charge in [-0.3, -0.25) is 9.59 Å². The van der Waals surface area contributed by atoms with Crippen LogP contribution in [-0.4, -0.2) is 28.7 Å². The van der Waals surface area contributed by atoms with E-state index < -0.39 is 23.8 Å². The maximum atomic E-state index is 10.7. The van der Waals surface area contributed by atoms with Gasteiger partial charge in [0.15, 0.2) is 0 Å². The maximum absolute atomic E-state index is 10.7. The van der Waals surface area contributed by atoms with Gasteiger partial charge >= 0.3 is 0 Å². The highest BCUT2D eigenvalue weighted by Gasteiger charge is 2.07. The van der Waals surface area contributed by atoms with E-state index in [1.165, 1.54) is 18.2 Å². The number of pyridine rings is 1. The Hall–Kier alpha value is -2.97. The van der Waals surface area contributed by atoms with Crippen molar-refractivity contribution in [1.29, 1.82) is 0 Å². The Morgan fingerprint density at radius 3 is 1.61 bits per heavy atom. The van der Waals surface area contributed by atoms with Gasteiger partial charge in [-0.2, -0.15) is 0 Å². The molecule has 0 unspecified atom stereocenters. The van der Waals surface area contributed by atoms with Crippen LogP contribution in [0.5, 0.6) is 0 Å². The third-order valence-electron chi connectivity index (χ3n) is 1.60. The second-order valence-electron chi connectivity index (χ2n) is 2.89. The Labute approximate surface area is 99.4 Å². The van der Waals surface area contributed by atoms with E-state index in [2.05, 4.69) is 4.98 Å². The first kappa shape index (κ1) is 13.1. The van der Waals surface area contributed by atoms with Crippen molar-refractivity contribution in [3.05, 3.63) is 18.2 Å². The van der Waals surface area contributed by atoms with Gasteiger partial charge in [-0.05, 0) is 12.1 Å². The van der Waals surface area contributed by atoms with Crippen molar-refractivity contribution in [2.75, 3.05) is 10.6 Å². The lowest BCUT2D eigenvalue weighted by molar-refractivity contribution is -0.300. The molecule has 0 aromatic carbocycles. The molecular formula is C9H5N3O6-2. The molecule has 0 atom stereocenters. The van der Waals surface area contributed by atoms with E-state index in [0.29, 0.717) is 0 Å². The normalized spacial score (nSPS) is 9.33. The first-order chi connectivity index (χ1) is 8.40. The standard InChI is InChI=1S/C9H7N3O6/c13-6(8(15)16)11-4-2-1-3-5(10-4)12-7(14)9(17)18/h1-3H,(H,15,16)(H,17,18)(H2,10,11,12,13,14)/p-2. The van der Waals surface area contributed by atoms with Crippen LogP contribution in [-0.2, 0) is 19.2 Å². The average molecular weight is 251 g/mol. The number of nitrogens with zero attached hydrogens (tertiary/aromatic N) is 1. The van der Waals surface area contributed by atoms with Crippen LogP contribution in [0.2, 0.25) is 0 Å². The number of hydrogen-bond donors (Lipinski definition) is 2. The molecule has 9 nitrogen and oxygen atoms in total. The molecule has 0 aliphatic carbocycles. The molecule has 1 rings (SSSR count). The van der Waals surface area contributed by atoms with Gasteiger partial charge < -0.3 is 30.4 Å². The smallest absolute Gasteiger partial charge is 0.272 e. The van der Waals surface area contributed by atoms with E-state index in [-0.39, 0.29) is 11.6 Å². The number of carboxylic acid groups (broad SMARTS) is 2. The Kier molecular flexibility index (Phi) is 3.92. The van der Waals surface area contributed by atoms with Gasteiger partial charge in [-0.25, -0.2) is 4.98 Å². The highest BCUT2D eigenvalue weighted by Crippen LogP contribution is 2.08. The molecule has 9 heteroatoms. The van der Waals surface area contributed by atoms with Crippen molar-refractivity contribution >= 4 is 35.4 Å². The summed E-state index contributed by atoms with van der Waals surface area (Å²) < 4.78 is 0. The molecule has 94 valence electrons. The van der Waals surface area contributed by atoms with Gasteiger partial charge in [0.05, 0.1) is 0 Å². The number of aliphatic carboxylic acids is 2. The number of carbonyl (C=O) groups excluding carboxylic acids is 4. The Bertz CT molecular complexity index is 484. The number of carbonyl (C=O) groups is 4. The van der Waals surface area contributed by atoms with Crippen molar-refractivity contribution in [2.45, 2.75) is 0 Å². The predicted molar refractivity (Wildman–Crippen MR) is 51.5 cm³/mol. The largest absolute Gasteiger partial charge is 0.540 e. The Morgan fingerprint density at radius 1 is 0.889 bits per heavy atom. The molecule has 0 saturated carbocycles. The molecular weight excluding hydrogens is 246 g/mol. The lowest BCUT2D eigenvalue weighted by atomic mass is 10.4. The number of hydrogen-bond acceptors (Lipinski definition) is 7. The van der Waals surface area contributed by atoms with E-state index in [0.717, 1.165) is 0 Å². The van der Waals surface area contributed by atoms with Crippen LogP contribution in [0.1, 0.15) is 0 Å². The molecule has 0 fully saturated rings. The van der Waals surface area contributed by atoms with Crippen molar-refractivity contribution in [3.63, 3.8) is 0 Å². The molecule has 1 heterocycles. The van der Waals surface area contributed by atoms with E-state index in [1.54, 1.807) is 0 Å². The molecule has 1 aromatic rings.